The summed E-state index contributed by atoms with van der Waals surface area (Å²) in [4.78, 5) is 18.0. The SMILES string of the molecule is Cc1nc(C2=NNC(=O)C2)cc(C(F)(F)F)n1. The quantitative estimate of drug-likeness (QED) is 0.802. The number of hydrogen-bond acceptors (Lipinski definition) is 4. The van der Waals surface area contributed by atoms with Gasteiger partial charge in [-0.05, 0) is 13.0 Å². The van der Waals surface area contributed by atoms with Crippen LogP contribution in [0.1, 0.15) is 23.6 Å². The third-order valence-electron chi connectivity index (χ3n) is 2.07. The van der Waals surface area contributed by atoms with Crippen LogP contribution in [0, 0.1) is 6.92 Å². The average Bonchev–Trinajstić information content (AvgIpc) is 2.62. The Hall–Kier alpha value is -1.99. The van der Waals surface area contributed by atoms with E-state index in [1.54, 1.807) is 0 Å². The minimum absolute atomic E-state index is 0.0168. The summed E-state index contributed by atoms with van der Waals surface area (Å²) >= 11 is 0. The summed E-state index contributed by atoms with van der Waals surface area (Å²) in [5.74, 6) is -0.387. The third-order valence-corrected chi connectivity index (χ3v) is 2.07. The monoisotopic (exact) mass is 244 g/mol. The van der Waals surface area contributed by atoms with Gasteiger partial charge in [0.2, 0.25) is 5.91 Å². The Morgan fingerprint density at radius 2 is 2.06 bits per heavy atom. The van der Waals surface area contributed by atoms with Crippen molar-refractivity contribution in [2.75, 3.05) is 0 Å². The molecular weight excluding hydrogens is 237 g/mol. The molecule has 2 heterocycles. The van der Waals surface area contributed by atoms with E-state index >= 15 is 0 Å². The van der Waals surface area contributed by atoms with E-state index in [1.807, 2.05) is 0 Å². The van der Waals surface area contributed by atoms with Crippen LogP contribution in [-0.2, 0) is 11.0 Å². The van der Waals surface area contributed by atoms with Gasteiger partial charge in [-0.2, -0.15) is 18.3 Å². The minimum atomic E-state index is -4.54. The van der Waals surface area contributed by atoms with Crippen LogP contribution in [0.2, 0.25) is 0 Å². The second-order valence-corrected chi connectivity index (χ2v) is 3.45. The van der Waals surface area contributed by atoms with Gasteiger partial charge in [-0.1, -0.05) is 0 Å². The van der Waals surface area contributed by atoms with Gasteiger partial charge in [0.1, 0.15) is 11.5 Å². The van der Waals surface area contributed by atoms with E-state index in [2.05, 4.69) is 20.5 Å². The fourth-order valence-corrected chi connectivity index (χ4v) is 1.37. The summed E-state index contributed by atoms with van der Waals surface area (Å²) in [6.45, 7) is 1.35. The molecule has 1 N–H and O–H groups in total. The molecule has 1 amide bonds. The smallest absolute Gasteiger partial charge is 0.273 e. The Morgan fingerprint density at radius 3 is 2.59 bits per heavy atom. The predicted octanol–water partition coefficient (Wildman–Crippen LogP) is 1.03. The van der Waals surface area contributed by atoms with Crippen molar-refractivity contribution in [1.82, 2.24) is 15.4 Å². The summed E-state index contributed by atoms with van der Waals surface area (Å²) in [5.41, 5.74) is 1.32. The first kappa shape index (κ1) is 11.5. The maximum atomic E-state index is 12.5. The highest BCUT2D eigenvalue weighted by atomic mass is 19.4. The van der Waals surface area contributed by atoms with Crippen molar-refractivity contribution < 1.29 is 18.0 Å². The van der Waals surface area contributed by atoms with Crippen molar-refractivity contribution in [3.05, 3.63) is 23.3 Å². The second-order valence-electron chi connectivity index (χ2n) is 3.45. The van der Waals surface area contributed by atoms with Crippen molar-refractivity contribution in [2.24, 2.45) is 5.10 Å². The first-order chi connectivity index (χ1) is 7.86. The molecule has 0 atom stereocenters. The van der Waals surface area contributed by atoms with Gasteiger partial charge in [-0.15, -0.1) is 0 Å². The lowest BCUT2D eigenvalue weighted by Gasteiger charge is -2.08. The number of aryl methyl sites for hydroxylation is 1. The number of nitrogens with one attached hydrogen (secondary N) is 1. The molecule has 1 aliphatic rings. The number of amides is 1. The highest BCUT2D eigenvalue weighted by Gasteiger charge is 2.34. The van der Waals surface area contributed by atoms with E-state index < -0.39 is 11.9 Å². The number of hydrogen-bond donors (Lipinski definition) is 1. The van der Waals surface area contributed by atoms with Crippen molar-refractivity contribution >= 4 is 11.6 Å². The average molecular weight is 244 g/mol. The molecule has 1 aromatic rings. The number of rotatable bonds is 1. The molecule has 0 aliphatic carbocycles. The fraction of sp³-hybridized carbons (Fsp3) is 0.333. The van der Waals surface area contributed by atoms with E-state index in [4.69, 9.17) is 0 Å². The molecular formula is C9H7F3N4O. The minimum Gasteiger partial charge on any atom is -0.273 e. The van der Waals surface area contributed by atoms with Crippen LogP contribution in [0.25, 0.3) is 0 Å². The van der Waals surface area contributed by atoms with Crippen LogP contribution < -0.4 is 5.43 Å². The van der Waals surface area contributed by atoms with Gasteiger partial charge in [0.25, 0.3) is 0 Å². The Morgan fingerprint density at radius 1 is 1.35 bits per heavy atom. The van der Waals surface area contributed by atoms with E-state index in [9.17, 15) is 18.0 Å². The van der Waals surface area contributed by atoms with Crippen LogP contribution in [0.5, 0.6) is 0 Å². The molecule has 0 fully saturated rings. The number of halogens is 3. The molecule has 0 radical (unpaired) electrons. The summed E-state index contributed by atoms with van der Waals surface area (Å²) < 4.78 is 37.5. The molecule has 17 heavy (non-hydrogen) atoms. The maximum Gasteiger partial charge on any atom is 0.433 e. The second kappa shape index (κ2) is 3.79. The van der Waals surface area contributed by atoms with Crippen LogP contribution in [0.15, 0.2) is 11.2 Å². The van der Waals surface area contributed by atoms with Gasteiger partial charge in [0, 0.05) is 0 Å². The zero-order valence-electron chi connectivity index (χ0n) is 8.67. The third kappa shape index (κ3) is 2.40. The first-order valence-corrected chi connectivity index (χ1v) is 4.65. The highest BCUT2D eigenvalue weighted by molar-refractivity contribution is 6.12. The molecule has 90 valence electrons. The van der Waals surface area contributed by atoms with Crippen LogP contribution in [-0.4, -0.2) is 21.6 Å². The van der Waals surface area contributed by atoms with E-state index in [-0.39, 0.29) is 29.6 Å². The molecule has 0 aromatic carbocycles. The summed E-state index contributed by atoms with van der Waals surface area (Å²) in [6, 6.07) is 0.784. The van der Waals surface area contributed by atoms with Crippen molar-refractivity contribution in [3.8, 4) is 0 Å². The van der Waals surface area contributed by atoms with Crippen molar-refractivity contribution in [3.63, 3.8) is 0 Å². The molecule has 2 rings (SSSR count). The lowest BCUT2D eigenvalue weighted by Crippen LogP contribution is -2.14. The fourth-order valence-electron chi connectivity index (χ4n) is 1.37. The largest absolute Gasteiger partial charge is 0.433 e. The van der Waals surface area contributed by atoms with Crippen molar-refractivity contribution in [2.45, 2.75) is 19.5 Å². The Bertz CT molecular complexity index is 509. The van der Waals surface area contributed by atoms with Crippen molar-refractivity contribution in [1.29, 1.82) is 0 Å². The van der Waals surface area contributed by atoms with Gasteiger partial charge in [0.15, 0.2) is 0 Å². The number of carbonyl (C=O) groups is 1. The van der Waals surface area contributed by atoms with Gasteiger partial charge in [-0.25, -0.2) is 15.4 Å². The predicted molar refractivity (Wildman–Crippen MR) is 51.1 cm³/mol. The molecule has 5 nitrogen and oxygen atoms in total. The van der Waals surface area contributed by atoms with Gasteiger partial charge >= 0.3 is 6.18 Å². The topological polar surface area (TPSA) is 67.2 Å². The normalized spacial score (nSPS) is 15.8. The molecule has 1 aliphatic heterocycles. The number of aromatic nitrogens is 2. The number of alkyl halides is 3. The van der Waals surface area contributed by atoms with Crippen LogP contribution in [0.4, 0.5) is 13.2 Å². The molecule has 8 heteroatoms. The van der Waals surface area contributed by atoms with Gasteiger partial charge in [-0.3, -0.25) is 4.79 Å². The zero-order chi connectivity index (χ0) is 12.6. The molecule has 0 bridgehead atoms. The first-order valence-electron chi connectivity index (χ1n) is 4.65. The standard InChI is InChI=1S/C9H7F3N4O/c1-4-13-5(6-3-8(17)16-15-6)2-7(14-4)9(10,11)12/h2H,3H2,1H3,(H,16,17). The molecule has 0 spiro atoms. The van der Waals surface area contributed by atoms with Crippen LogP contribution in [0.3, 0.4) is 0 Å². The maximum absolute atomic E-state index is 12.5. The lowest BCUT2D eigenvalue weighted by molar-refractivity contribution is -0.141. The van der Waals surface area contributed by atoms with Gasteiger partial charge in [0.05, 0.1) is 17.8 Å². The molecule has 1 aromatic heterocycles. The van der Waals surface area contributed by atoms with Crippen LogP contribution >= 0.6 is 0 Å². The number of hydrazone groups is 1. The van der Waals surface area contributed by atoms with E-state index in [0.29, 0.717) is 0 Å². The summed E-state index contributed by atoms with van der Waals surface area (Å²) in [5, 5.41) is 3.61. The lowest BCUT2D eigenvalue weighted by atomic mass is 10.2. The molecule has 0 unspecified atom stereocenters. The van der Waals surface area contributed by atoms with E-state index in [0.717, 1.165) is 6.07 Å². The number of carbonyl (C=O) groups excluding carboxylic acids is 1. The molecule has 0 saturated heterocycles. The Kier molecular flexibility index (Phi) is 2.56. The van der Waals surface area contributed by atoms with E-state index in [1.165, 1.54) is 6.92 Å². The molecule has 0 saturated carbocycles. The summed E-state index contributed by atoms with van der Waals surface area (Å²) in [6.07, 6.45) is -4.62. The highest BCUT2D eigenvalue weighted by Crippen LogP contribution is 2.28. The van der Waals surface area contributed by atoms with Gasteiger partial charge < -0.3 is 0 Å². The Balaban J connectivity index is 2.42. The summed E-state index contributed by atoms with van der Waals surface area (Å²) in [7, 11) is 0. The zero-order valence-corrected chi connectivity index (χ0v) is 8.67. The number of nitrogens with zero attached hydrogens (tertiary/aromatic N) is 3. The Labute approximate surface area is 93.8 Å².